The Kier molecular flexibility index (Phi) is 9.72. The zero-order chi connectivity index (χ0) is 27.0. The lowest BCUT2D eigenvalue weighted by Crippen LogP contribution is -2.52. The Morgan fingerprint density at radius 2 is 1.54 bits per heavy atom. The summed E-state index contributed by atoms with van der Waals surface area (Å²) in [5, 5.41) is 3.24. The van der Waals surface area contributed by atoms with Crippen molar-refractivity contribution in [2.45, 2.75) is 44.7 Å². The standard InChI is InChI=1S/C28H32ClN3O4S/c1-4-26(28(34)30-5-2)31(19-22-12-10-9-11-21(22)3)27(33)20-32(24-17-15-23(29)16-18-24)37(35,36)25-13-7-6-8-14-25/h6-18,26H,4-5,19-20H2,1-3H3,(H,30,34). The number of halogens is 1. The molecule has 3 aromatic rings. The Balaban J connectivity index is 2.05. The number of rotatable bonds is 11. The molecule has 2 amide bonds. The van der Waals surface area contributed by atoms with Crippen LogP contribution in [0.1, 0.15) is 31.4 Å². The molecular formula is C28H32ClN3O4S. The van der Waals surface area contributed by atoms with Crippen molar-refractivity contribution in [3.8, 4) is 0 Å². The third-order valence-electron chi connectivity index (χ3n) is 6.06. The maximum Gasteiger partial charge on any atom is 0.264 e. The topological polar surface area (TPSA) is 86.8 Å². The van der Waals surface area contributed by atoms with E-state index < -0.39 is 28.5 Å². The minimum Gasteiger partial charge on any atom is -0.355 e. The van der Waals surface area contributed by atoms with E-state index in [9.17, 15) is 18.0 Å². The lowest BCUT2D eigenvalue weighted by Gasteiger charge is -2.33. The number of nitrogens with zero attached hydrogens (tertiary/aromatic N) is 2. The summed E-state index contributed by atoms with van der Waals surface area (Å²) < 4.78 is 28.5. The molecule has 3 rings (SSSR count). The fourth-order valence-corrected chi connectivity index (χ4v) is 5.60. The van der Waals surface area contributed by atoms with Crippen molar-refractivity contribution in [1.82, 2.24) is 10.2 Å². The summed E-state index contributed by atoms with van der Waals surface area (Å²) in [5.74, 6) is -0.772. The van der Waals surface area contributed by atoms with Gasteiger partial charge in [-0.25, -0.2) is 8.42 Å². The van der Waals surface area contributed by atoms with E-state index in [2.05, 4.69) is 5.32 Å². The first-order valence-electron chi connectivity index (χ1n) is 12.1. The number of aryl methyl sites for hydroxylation is 1. The van der Waals surface area contributed by atoms with Crippen LogP contribution < -0.4 is 9.62 Å². The second-order valence-electron chi connectivity index (χ2n) is 8.57. The van der Waals surface area contributed by atoms with E-state index >= 15 is 0 Å². The summed E-state index contributed by atoms with van der Waals surface area (Å²) >= 11 is 6.05. The van der Waals surface area contributed by atoms with E-state index in [4.69, 9.17) is 11.6 Å². The number of amides is 2. The van der Waals surface area contributed by atoms with Crippen molar-refractivity contribution in [2.75, 3.05) is 17.4 Å². The second kappa shape index (κ2) is 12.7. The maximum absolute atomic E-state index is 13.9. The molecule has 0 spiro atoms. The molecule has 0 saturated heterocycles. The predicted molar refractivity (Wildman–Crippen MR) is 147 cm³/mol. The number of anilines is 1. The minimum atomic E-state index is -4.10. The van der Waals surface area contributed by atoms with Crippen molar-refractivity contribution in [3.63, 3.8) is 0 Å². The molecule has 0 aliphatic carbocycles. The van der Waals surface area contributed by atoms with Gasteiger partial charge in [0.25, 0.3) is 10.0 Å². The largest absolute Gasteiger partial charge is 0.355 e. The molecule has 0 saturated carbocycles. The van der Waals surface area contributed by atoms with Gasteiger partial charge in [-0.3, -0.25) is 13.9 Å². The molecular weight excluding hydrogens is 510 g/mol. The molecule has 7 nitrogen and oxygen atoms in total. The van der Waals surface area contributed by atoms with Crippen LogP contribution in [0.3, 0.4) is 0 Å². The van der Waals surface area contributed by atoms with Gasteiger partial charge in [0.15, 0.2) is 0 Å². The minimum absolute atomic E-state index is 0.0546. The Hall–Kier alpha value is -3.36. The normalized spacial score (nSPS) is 12.0. The Morgan fingerprint density at radius 1 is 0.919 bits per heavy atom. The summed E-state index contributed by atoms with van der Waals surface area (Å²) in [4.78, 5) is 28.4. The van der Waals surface area contributed by atoms with Gasteiger partial charge >= 0.3 is 0 Å². The molecule has 0 aliphatic heterocycles. The van der Waals surface area contributed by atoms with Gasteiger partial charge in [-0.05, 0) is 67.8 Å². The van der Waals surface area contributed by atoms with Crippen LogP contribution in [0.15, 0.2) is 83.8 Å². The average Bonchev–Trinajstić information content (AvgIpc) is 2.89. The highest BCUT2D eigenvalue weighted by atomic mass is 35.5. The molecule has 0 bridgehead atoms. The molecule has 0 radical (unpaired) electrons. The first kappa shape index (κ1) is 28.2. The van der Waals surface area contributed by atoms with Crippen molar-refractivity contribution >= 4 is 39.1 Å². The molecule has 9 heteroatoms. The van der Waals surface area contributed by atoms with Gasteiger partial charge in [-0.1, -0.05) is 61.0 Å². The van der Waals surface area contributed by atoms with Crippen LogP contribution in [-0.4, -0.2) is 44.3 Å². The monoisotopic (exact) mass is 541 g/mol. The van der Waals surface area contributed by atoms with Crippen molar-refractivity contribution in [3.05, 3.63) is 95.0 Å². The fraction of sp³-hybridized carbons (Fsp3) is 0.286. The second-order valence-corrected chi connectivity index (χ2v) is 10.9. The van der Waals surface area contributed by atoms with Gasteiger partial charge < -0.3 is 10.2 Å². The Labute approximate surface area is 224 Å². The summed E-state index contributed by atoms with van der Waals surface area (Å²) in [6.07, 6.45) is 0.371. The van der Waals surface area contributed by atoms with E-state index in [-0.39, 0.29) is 17.3 Å². The van der Waals surface area contributed by atoms with E-state index in [0.29, 0.717) is 23.7 Å². The molecule has 0 aromatic heterocycles. The molecule has 37 heavy (non-hydrogen) atoms. The lowest BCUT2D eigenvalue weighted by molar-refractivity contribution is -0.140. The van der Waals surface area contributed by atoms with Crippen LogP contribution in [0.4, 0.5) is 5.69 Å². The smallest absolute Gasteiger partial charge is 0.264 e. The molecule has 0 heterocycles. The van der Waals surface area contributed by atoms with Crippen molar-refractivity contribution in [1.29, 1.82) is 0 Å². The molecule has 1 N–H and O–H groups in total. The van der Waals surface area contributed by atoms with Crippen LogP contribution >= 0.6 is 11.6 Å². The van der Waals surface area contributed by atoms with Crippen LogP contribution in [0.25, 0.3) is 0 Å². The van der Waals surface area contributed by atoms with Crippen LogP contribution in [0.5, 0.6) is 0 Å². The number of likely N-dealkylation sites (N-methyl/N-ethyl adjacent to an activating group) is 1. The van der Waals surface area contributed by atoms with Gasteiger partial charge in [0, 0.05) is 18.1 Å². The summed E-state index contributed by atoms with van der Waals surface area (Å²) in [6, 6.07) is 21.1. The first-order valence-corrected chi connectivity index (χ1v) is 14.0. The van der Waals surface area contributed by atoms with Crippen LogP contribution in [-0.2, 0) is 26.2 Å². The average molecular weight is 542 g/mol. The molecule has 0 fully saturated rings. The molecule has 1 unspecified atom stereocenters. The van der Waals surface area contributed by atoms with E-state index in [1.165, 1.54) is 17.0 Å². The number of hydrogen-bond donors (Lipinski definition) is 1. The zero-order valence-corrected chi connectivity index (χ0v) is 22.8. The highest BCUT2D eigenvalue weighted by Crippen LogP contribution is 2.26. The molecule has 3 aromatic carbocycles. The lowest BCUT2D eigenvalue weighted by atomic mass is 10.1. The Morgan fingerprint density at radius 3 is 2.14 bits per heavy atom. The SMILES string of the molecule is CCNC(=O)C(CC)N(Cc1ccccc1C)C(=O)CN(c1ccc(Cl)cc1)S(=O)(=O)c1ccccc1. The summed E-state index contributed by atoms with van der Waals surface area (Å²) in [7, 11) is -4.10. The number of carbonyl (C=O) groups is 2. The van der Waals surface area contributed by atoms with Gasteiger partial charge in [-0.2, -0.15) is 0 Å². The maximum atomic E-state index is 13.9. The highest BCUT2D eigenvalue weighted by Gasteiger charge is 2.33. The number of sulfonamides is 1. The molecule has 1 atom stereocenters. The quantitative estimate of drug-likeness (QED) is 0.378. The fourth-order valence-electron chi connectivity index (χ4n) is 4.04. The molecule has 0 aliphatic rings. The number of hydrogen-bond acceptors (Lipinski definition) is 4. The van der Waals surface area contributed by atoms with Gasteiger partial charge in [0.2, 0.25) is 11.8 Å². The third kappa shape index (κ3) is 6.90. The van der Waals surface area contributed by atoms with Gasteiger partial charge in [0.05, 0.1) is 10.6 Å². The van der Waals surface area contributed by atoms with E-state index in [1.54, 1.807) is 42.5 Å². The number of carbonyl (C=O) groups excluding carboxylic acids is 2. The Bertz CT molecular complexity index is 1310. The molecule has 196 valence electrons. The van der Waals surface area contributed by atoms with Crippen molar-refractivity contribution < 1.29 is 18.0 Å². The number of nitrogens with one attached hydrogen (secondary N) is 1. The van der Waals surface area contributed by atoms with Crippen LogP contribution in [0, 0.1) is 6.92 Å². The van der Waals surface area contributed by atoms with Crippen molar-refractivity contribution in [2.24, 2.45) is 0 Å². The van der Waals surface area contributed by atoms with Gasteiger partial charge in [-0.15, -0.1) is 0 Å². The highest BCUT2D eigenvalue weighted by molar-refractivity contribution is 7.92. The van der Waals surface area contributed by atoms with Gasteiger partial charge in [0.1, 0.15) is 12.6 Å². The van der Waals surface area contributed by atoms with E-state index in [0.717, 1.165) is 15.4 Å². The van der Waals surface area contributed by atoms with Crippen LogP contribution in [0.2, 0.25) is 5.02 Å². The predicted octanol–water partition coefficient (Wildman–Crippen LogP) is 4.79. The number of benzene rings is 3. The van der Waals surface area contributed by atoms with E-state index in [1.807, 2.05) is 45.0 Å². The summed E-state index contributed by atoms with van der Waals surface area (Å²) in [5.41, 5.74) is 2.14. The summed E-state index contributed by atoms with van der Waals surface area (Å²) in [6.45, 7) is 5.68. The zero-order valence-electron chi connectivity index (χ0n) is 21.2. The first-order chi connectivity index (χ1) is 17.7. The third-order valence-corrected chi connectivity index (χ3v) is 8.10.